The molecule has 0 amide bonds. The van der Waals surface area contributed by atoms with E-state index in [4.69, 9.17) is 10.5 Å². The van der Waals surface area contributed by atoms with Gasteiger partial charge in [0.1, 0.15) is 0 Å². The van der Waals surface area contributed by atoms with Gasteiger partial charge in [-0.15, -0.1) is 0 Å². The predicted octanol–water partition coefficient (Wildman–Crippen LogP) is 2.64. The van der Waals surface area contributed by atoms with Crippen molar-refractivity contribution in [3.8, 4) is 5.75 Å². The molecule has 1 fully saturated rings. The molecule has 1 aliphatic carbocycles. The third kappa shape index (κ3) is 1.98. The van der Waals surface area contributed by atoms with Gasteiger partial charge >= 0.3 is 0 Å². The molecule has 0 aromatic heterocycles. The summed E-state index contributed by atoms with van der Waals surface area (Å²) < 4.78 is 19.0. The summed E-state index contributed by atoms with van der Waals surface area (Å²) in [5.74, 6) is 0.539. The molecule has 3 nitrogen and oxygen atoms in total. The van der Waals surface area contributed by atoms with E-state index in [1.807, 2.05) is 13.0 Å². The first-order valence-electron chi connectivity index (χ1n) is 7.01. The highest BCUT2D eigenvalue weighted by molar-refractivity contribution is 5.65. The van der Waals surface area contributed by atoms with Crippen LogP contribution in [-0.2, 0) is 0 Å². The minimum Gasteiger partial charge on any atom is -0.494 e. The van der Waals surface area contributed by atoms with E-state index in [2.05, 4.69) is 4.90 Å². The summed E-state index contributed by atoms with van der Waals surface area (Å²) >= 11 is 0. The van der Waals surface area contributed by atoms with Gasteiger partial charge in [0.05, 0.1) is 7.11 Å². The van der Waals surface area contributed by atoms with E-state index >= 15 is 0 Å². The largest absolute Gasteiger partial charge is 0.494 e. The van der Waals surface area contributed by atoms with E-state index in [9.17, 15) is 4.39 Å². The van der Waals surface area contributed by atoms with Crippen molar-refractivity contribution in [1.29, 1.82) is 0 Å². The van der Waals surface area contributed by atoms with Crippen molar-refractivity contribution in [3.63, 3.8) is 0 Å². The third-order valence-electron chi connectivity index (χ3n) is 4.37. The molecule has 4 heteroatoms. The van der Waals surface area contributed by atoms with Crippen LogP contribution in [0.25, 0.3) is 0 Å². The molecule has 0 saturated heterocycles. The van der Waals surface area contributed by atoms with Crippen LogP contribution in [0.2, 0.25) is 0 Å². The summed E-state index contributed by atoms with van der Waals surface area (Å²) in [6.07, 6.45) is 3.55. The molecule has 3 atom stereocenters. The summed E-state index contributed by atoms with van der Waals surface area (Å²) in [7, 11) is 1.51. The smallest absolute Gasteiger partial charge is 0.165 e. The highest BCUT2D eigenvalue weighted by Crippen LogP contribution is 2.50. The number of hydrogen-bond acceptors (Lipinski definition) is 3. The van der Waals surface area contributed by atoms with Crippen molar-refractivity contribution in [3.05, 3.63) is 23.5 Å². The van der Waals surface area contributed by atoms with Gasteiger partial charge < -0.3 is 15.4 Å². The summed E-state index contributed by atoms with van der Waals surface area (Å²) in [5.41, 5.74) is 8.22. The van der Waals surface area contributed by atoms with Crippen LogP contribution in [0.3, 0.4) is 0 Å². The third-order valence-corrected chi connectivity index (χ3v) is 4.37. The van der Waals surface area contributed by atoms with Crippen LogP contribution in [0, 0.1) is 5.82 Å². The van der Waals surface area contributed by atoms with Crippen molar-refractivity contribution >= 4 is 5.69 Å². The second kappa shape index (κ2) is 4.67. The van der Waals surface area contributed by atoms with Gasteiger partial charge in [-0.05, 0) is 31.4 Å². The predicted molar refractivity (Wildman–Crippen MR) is 74.3 cm³/mol. The van der Waals surface area contributed by atoms with Gasteiger partial charge in [0, 0.05) is 36.3 Å². The number of hydrogen-bond donors (Lipinski definition) is 1. The molecule has 2 N–H and O–H groups in total. The standard InChI is InChI=1S/C15H21FN2O/c1-9(17)8-18-13-5-3-4-10(13)11-6-12(16)15(19-2)7-14(11)18/h6-7,9-10,13H,3-5,8,17H2,1-2H3. The number of rotatable bonds is 3. The van der Waals surface area contributed by atoms with Crippen molar-refractivity contribution in [2.24, 2.45) is 5.73 Å². The highest BCUT2D eigenvalue weighted by Gasteiger charge is 2.42. The van der Waals surface area contributed by atoms with Crippen LogP contribution in [0.5, 0.6) is 5.75 Å². The fourth-order valence-corrected chi connectivity index (χ4v) is 3.66. The number of ether oxygens (including phenoxy) is 1. The van der Waals surface area contributed by atoms with E-state index in [1.54, 1.807) is 6.07 Å². The van der Waals surface area contributed by atoms with E-state index < -0.39 is 0 Å². The number of nitrogens with zero attached hydrogens (tertiary/aromatic N) is 1. The van der Waals surface area contributed by atoms with Gasteiger partial charge in [0.15, 0.2) is 11.6 Å². The van der Waals surface area contributed by atoms with E-state index in [0.717, 1.165) is 24.2 Å². The first-order valence-corrected chi connectivity index (χ1v) is 7.01. The average molecular weight is 264 g/mol. The van der Waals surface area contributed by atoms with Crippen molar-refractivity contribution in [1.82, 2.24) is 0 Å². The van der Waals surface area contributed by atoms with E-state index in [0.29, 0.717) is 17.7 Å². The summed E-state index contributed by atoms with van der Waals surface area (Å²) in [6.45, 7) is 2.84. The Kier molecular flexibility index (Phi) is 3.13. The average Bonchev–Trinajstić information content (AvgIpc) is 2.92. The van der Waals surface area contributed by atoms with Gasteiger partial charge in [-0.1, -0.05) is 6.42 Å². The lowest BCUT2D eigenvalue weighted by atomic mass is 9.97. The Morgan fingerprint density at radius 2 is 2.26 bits per heavy atom. The molecule has 0 spiro atoms. The molecule has 1 aromatic rings. The van der Waals surface area contributed by atoms with Gasteiger partial charge in [-0.25, -0.2) is 4.39 Å². The molecule has 1 aliphatic heterocycles. The second-order valence-electron chi connectivity index (χ2n) is 5.78. The number of fused-ring (bicyclic) bond motifs is 3. The zero-order valence-electron chi connectivity index (χ0n) is 11.5. The Morgan fingerprint density at radius 1 is 1.47 bits per heavy atom. The Labute approximate surface area is 113 Å². The molecule has 0 bridgehead atoms. The van der Waals surface area contributed by atoms with Crippen LogP contribution in [0.4, 0.5) is 10.1 Å². The fraction of sp³-hybridized carbons (Fsp3) is 0.600. The fourth-order valence-electron chi connectivity index (χ4n) is 3.66. The van der Waals surface area contributed by atoms with E-state index in [1.165, 1.54) is 20.0 Å². The second-order valence-corrected chi connectivity index (χ2v) is 5.78. The normalized spacial score (nSPS) is 26.2. The van der Waals surface area contributed by atoms with Gasteiger partial charge in [0.25, 0.3) is 0 Å². The Balaban J connectivity index is 2.05. The molecule has 1 aromatic carbocycles. The number of anilines is 1. The summed E-state index contributed by atoms with van der Waals surface area (Å²) in [4.78, 5) is 2.36. The van der Waals surface area contributed by atoms with Crippen molar-refractivity contribution in [2.75, 3.05) is 18.6 Å². The molecule has 19 heavy (non-hydrogen) atoms. The van der Waals surface area contributed by atoms with Crippen LogP contribution in [-0.4, -0.2) is 25.7 Å². The monoisotopic (exact) mass is 264 g/mol. The molecule has 1 heterocycles. The summed E-state index contributed by atoms with van der Waals surface area (Å²) in [5, 5.41) is 0. The summed E-state index contributed by atoms with van der Waals surface area (Å²) in [6, 6.07) is 4.11. The number of nitrogens with two attached hydrogens (primary N) is 1. The minimum absolute atomic E-state index is 0.114. The van der Waals surface area contributed by atoms with Gasteiger partial charge in [0.2, 0.25) is 0 Å². The molecule has 2 aliphatic rings. The number of halogens is 1. The van der Waals surface area contributed by atoms with Gasteiger partial charge in [-0.3, -0.25) is 0 Å². The van der Waals surface area contributed by atoms with Crippen LogP contribution >= 0.6 is 0 Å². The minimum atomic E-state index is -0.255. The maximum absolute atomic E-state index is 13.9. The molecule has 104 valence electrons. The van der Waals surface area contributed by atoms with Crippen molar-refractivity contribution < 1.29 is 9.13 Å². The highest BCUT2D eigenvalue weighted by atomic mass is 19.1. The lowest BCUT2D eigenvalue weighted by Gasteiger charge is -2.28. The SMILES string of the molecule is COc1cc2c(cc1F)C1CCCC1N2CC(C)N. The Hall–Kier alpha value is -1.29. The molecular formula is C15H21FN2O. The van der Waals surface area contributed by atoms with Crippen molar-refractivity contribution in [2.45, 2.75) is 44.2 Å². The number of methoxy groups -OCH3 is 1. The Morgan fingerprint density at radius 3 is 2.95 bits per heavy atom. The maximum Gasteiger partial charge on any atom is 0.165 e. The van der Waals surface area contributed by atoms with Crippen LogP contribution in [0.15, 0.2) is 12.1 Å². The molecule has 0 radical (unpaired) electrons. The molecule has 3 unspecified atom stereocenters. The zero-order chi connectivity index (χ0) is 13.6. The lowest BCUT2D eigenvalue weighted by Crippen LogP contribution is -2.40. The Bertz CT molecular complexity index is 489. The first-order chi connectivity index (χ1) is 9.11. The number of benzene rings is 1. The van der Waals surface area contributed by atoms with Crippen LogP contribution < -0.4 is 15.4 Å². The quantitative estimate of drug-likeness (QED) is 0.912. The topological polar surface area (TPSA) is 38.5 Å². The molecule has 1 saturated carbocycles. The zero-order valence-corrected chi connectivity index (χ0v) is 11.5. The van der Waals surface area contributed by atoms with Gasteiger partial charge in [-0.2, -0.15) is 0 Å². The molecular weight excluding hydrogens is 243 g/mol. The maximum atomic E-state index is 13.9. The van der Waals surface area contributed by atoms with Crippen LogP contribution in [0.1, 0.15) is 37.7 Å². The molecule has 3 rings (SSSR count). The first kappa shape index (κ1) is 12.7. The lowest BCUT2D eigenvalue weighted by molar-refractivity contribution is 0.386. The van der Waals surface area contributed by atoms with E-state index in [-0.39, 0.29) is 11.9 Å².